The van der Waals surface area contributed by atoms with E-state index >= 15 is 0 Å². The molecule has 0 radical (unpaired) electrons. The van der Waals surface area contributed by atoms with Gasteiger partial charge >= 0.3 is 0 Å². The fourth-order valence-electron chi connectivity index (χ4n) is 1.46. The van der Waals surface area contributed by atoms with Gasteiger partial charge in [0.05, 0.1) is 0 Å². The standard InChI is InChI=1S/C13H17Cl2NO/c1-3-9(2)16-13(17)8-7-10-11(14)5-4-6-12(10)15/h4-6,9H,3,7-8H2,1-2H3,(H,16,17)/t9-/m0/s1. The molecule has 1 aromatic carbocycles. The van der Waals surface area contributed by atoms with Gasteiger partial charge in [-0.2, -0.15) is 0 Å². The van der Waals surface area contributed by atoms with Crippen molar-refractivity contribution >= 4 is 29.1 Å². The first kappa shape index (κ1) is 14.3. The predicted molar refractivity (Wildman–Crippen MR) is 72.7 cm³/mol. The van der Waals surface area contributed by atoms with Crippen molar-refractivity contribution in [3.8, 4) is 0 Å². The van der Waals surface area contributed by atoms with E-state index in [4.69, 9.17) is 23.2 Å². The summed E-state index contributed by atoms with van der Waals surface area (Å²) in [5, 5.41) is 4.15. The summed E-state index contributed by atoms with van der Waals surface area (Å²) in [4.78, 5) is 11.6. The Morgan fingerprint density at radius 2 is 1.94 bits per heavy atom. The Bertz CT molecular complexity index is 373. The van der Waals surface area contributed by atoms with Crippen LogP contribution < -0.4 is 5.32 Å². The maximum absolute atomic E-state index is 11.6. The lowest BCUT2D eigenvalue weighted by Gasteiger charge is -2.12. The van der Waals surface area contributed by atoms with Crippen LogP contribution in [0, 0.1) is 0 Å². The van der Waals surface area contributed by atoms with Gasteiger partial charge in [0.2, 0.25) is 5.91 Å². The number of carbonyl (C=O) groups excluding carboxylic acids is 1. The number of hydrogen-bond acceptors (Lipinski definition) is 1. The lowest BCUT2D eigenvalue weighted by atomic mass is 10.1. The molecule has 17 heavy (non-hydrogen) atoms. The molecule has 1 rings (SSSR count). The molecule has 0 aromatic heterocycles. The Labute approximate surface area is 112 Å². The summed E-state index contributed by atoms with van der Waals surface area (Å²) in [5.41, 5.74) is 0.843. The zero-order valence-corrected chi connectivity index (χ0v) is 11.6. The normalized spacial score (nSPS) is 12.2. The highest BCUT2D eigenvalue weighted by molar-refractivity contribution is 6.36. The molecular weight excluding hydrogens is 257 g/mol. The third kappa shape index (κ3) is 4.57. The fourth-order valence-corrected chi connectivity index (χ4v) is 2.05. The van der Waals surface area contributed by atoms with Gasteiger partial charge in [0.25, 0.3) is 0 Å². The van der Waals surface area contributed by atoms with Crippen molar-refractivity contribution in [3.63, 3.8) is 0 Å². The monoisotopic (exact) mass is 273 g/mol. The molecule has 0 fully saturated rings. The van der Waals surface area contributed by atoms with Crippen LogP contribution >= 0.6 is 23.2 Å². The molecule has 2 nitrogen and oxygen atoms in total. The van der Waals surface area contributed by atoms with Crippen molar-refractivity contribution in [2.75, 3.05) is 0 Å². The second-order valence-electron chi connectivity index (χ2n) is 4.08. The number of rotatable bonds is 5. The SMILES string of the molecule is CC[C@H](C)NC(=O)CCc1c(Cl)cccc1Cl. The summed E-state index contributed by atoms with van der Waals surface area (Å²) in [6.45, 7) is 4.02. The summed E-state index contributed by atoms with van der Waals surface area (Å²) < 4.78 is 0. The van der Waals surface area contributed by atoms with Gasteiger partial charge in [0.1, 0.15) is 0 Å². The van der Waals surface area contributed by atoms with Crippen LogP contribution in [0.15, 0.2) is 18.2 Å². The topological polar surface area (TPSA) is 29.1 Å². The average molecular weight is 274 g/mol. The minimum atomic E-state index is 0.0373. The van der Waals surface area contributed by atoms with Gasteiger partial charge in [-0.15, -0.1) is 0 Å². The highest BCUT2D eigenvalue weighted by atomic mass is 35.5. The van der Waals surface area contributed by atoms with E-state index in [1.807, 2.05) is 13.8 Å². The summed E-state index contributed by atoms with van der Waals surface area (Å²) in [6.07, 6.45) is 1.91. The Balaban J connectivity index is 2.53. The molecule has 94 valence electrons. The number of benzene rings is 1. The lowest BCUT2D eigenvalue weighted by Crippen LogP contribution is -2.32. The summed E-state index contributed by atoms with van der Waals surface area (Å²) >= 11 is 12.1. The molecule has 0 spiro atoms. The Morgan fingerprint density at radius 3 is 2.47 bits per heavy atom. The third-order valence-corrected chi connectivity index (χ3v) is 3.39. The van der Waals surface area contributed by atoms with Crippen LogP contribution in [-0.2, 0) is 11.2 Å². The molecule has 0 aliphatic heterocycles. The average Bonchev–Trinajstić information content (AvgIpc) is 2.28. The molecule has 0 saturated heterocycles. The van der Waals surface area contributed by atoms with E-state index in [0.29, 0.717) is 22.9 Å². The van der Waals surface area contributed by atoms with Crippen LogP contribution in [0.3, 0.4) is 0 Å². The smallest absolute Gasteiger partial charge is 0.220 e. The van der Waals surface area contributed by atoms with Gasteiger partial charge in [0, 0.05) is 22.5 Å². The maximum atomic E-state index is 11.6. The summed E-state index contributed by atoms with van der Waals surface area (Å²) in [5.74, 6) is 0.0373. The molecule has 1 N–H and O–H groups in total. The minimum Gasteiger partial charge on any atom is -0.354 e. The molecule has 1 aromatic rings. The van der Waals surface area contributed by atoms with Gasteiger partial charge in [-0.1, -0.05) is 36.2 Å². The van der Waals surface area contributed by atoms with E-state index in [0.717, 1.165) is 12.0 Å². The van der Waals surface area contributed by atoms with Gasteiger partial charge in [0.15, 0.2) is 0 Å². The molecule has 0 aliphatic rings. The van der Waals surface area contributed by atoms with Gasteiger partial charge in [-0.25, -0.2) is 0 Å². The first-order valence-corrected chi connectivity index (χ1v) is 6.52. The number of carbonyl (C=O) groups is 1. The molecule has 0 bridgehead atoms. The first-order chi connectivity index (χ1) is 8.04. The molecule has 0 unspecified atom stereocenters. The Morgan fingerprint density at radius 1 is 1.35 bits per heavy atom. The molecule has 4 heteroatoms. The second kappa shape index (κ2) is 6.87. The van der Waals surface area contributed by atoms with Crippen LogP contribution in [0.25, 0.3) is 0 Å². The largest absolute Gasteiger partial charge is 0.354 e. The zero-order chi connectivity index (χ0) is 12.8. The van der Waals surface area contributed by atoms with Gasteiger partial charge < -0.3 is 5.32 Å². The fraction of sp³-hybridized carbons (Fsp3) is 0.462. The minimum absolute atomic E-state index is 0.0373. The van der Waals surface area contributed by atoms with Crippen molar-refractivity contribution in [2.45, 2.75) is 39.2 Å². The van der Waals surface area contributed by atoms with Crippen LogP contribution in [0.4, 0.5) is 0 Å². The van der Waals surface area contributed by atoms with Crippen molar-refractivity contribution in [1.29, 1.82) is 0 Å². The zero-order valence-electron chi connectivity index (χ0n) is 10.1. The molecule has 1 atom stereocenters. The van der Waals surface area contributed by atoms with Gasteiger partial charge in [-0.05, 0) is 37.5 Å². The quantitative estimate of drug-likeness (QED) is 0.868. The summed E-state index contributed by atoms with van der Waals surface area (Å²) in [6, 6.07) is 5.59. The lowest BCUT2D eigenvalue weighted by molar-refractivity contribution is -0.121. The third-order valence-electron chi connectivity index (χ3n) is 2.68. The molecule has 1 amide bonds. The number of halogens is 2. The van der Waals surface area contributed by atoms with E-state index in [-0.39, 0.29) is 11.9 Å². The van der Waals surface area contributed by atoms with E-state index in [1.165, 1.54) is 0 Å². The number of amides is 1. The highest BCUT2D eigenvalue weighted by Crippen LogP contribution is 2.25. The van der Waals surface area contributed by atoms with Crippen molar-refractivity contribution in [1.82, 2.24) is 5.32 Å². The van der Waals surface area contributed by atoms with Crippen LogP contribution in [0.2, 0.25) is 10.0 Å². The van der Waals surface area contributed by atoms with Crippen LogP contribution in [0.1, 0.15) is 32.3 Å². The highest BCUT2D eigenvalue weighted by Gasteiger charge is 2.09. The summed E-state index contributed by atoms with van der Waals surface area (Å²) in [7, 11) is 0. The maximum Gasteiger partial charge on any atom is 0.220 e. The van der Waals surface area contributed by atoms with Crippen molar-refractivity contribution in [2.24, 2.45) is 0 Å². The van der Waals surface area contributed by atoms with E-state index < -0.39 is 0 Å². The number of nitrogens with one attached hydrogen (secondary N) is 1. The van der Waals surface area contributed by atoms with E-state index in [1.54, 1.807) is 18.2 Å². The van der Waals surface area contributed by atoms with E-state index in [2.05, 4.69) is 5.32 Å². The van der Waals surface area contributed by atoms with Crippen LogP contribution in [-0.4, -0.2) is 11.9 Å². The van der Waals surface area contributed by atoms with E-state index in [9.17, 15) is 4.79 Å². The Kier molecular flexibility index (Phi) is 5.79. The predicted octanol–water partition coefficient (Wildman–Crippen LogP) is 3.84. The molecule has 0 saturated carbocycles. The molecule has 0 heterocycles. The second-order valence-corrected chi connectivity index (χ2v) is 4.89. The Hall–Kier alpha value is -0.730. The van der Waals surface area contributed by atoms with Crippen LogP contribution in [0.5, 0.6) is 0 Å². The number of hydrogen-bond donors (Lipinski definition) is 1. The molecule has 0 aliphatic carbocycles. The van der Waals surface area contributed by atoms with Crippen molar-refractivity contribution < 1.29 is 4.79 Å². The van der Waals surface area contributed by atoms with Crippen molar-refractivity contribution in [3.05, 3.63) is 33.8 Å². The van der Waals surface area contributed by atoms with Gasteiger partial charge in [-0.3, -0.25) is 4.79 Å². The first-order valence-electron chi connectivity index (χ1n) is 5.76. The molecular formula is C13H17Cl2NO.